The monoisotopic (exact) mass is 180 g/mol. The van der Waals surface area contributed by atoms with Crippen LogP contribution in [0.1, 0.15) is 11.1 Å². The summed E-state index contributed by atoms with van der Waals surface area (Å²) in [6.07, 6.45) is 11.4. The summed E-state index contributed by atoms with van der Waals surface area (Å²) in [5.41, 5.74) is 2.34. The van der Waals surface area contributed by atoms with Crippen molar-refractivity contribution in [3.05, 3.63) is 33.7 Å². The zero-order valence-electron chi connectivity index (χ0n) is 7.51. The summed E-state index contributed by atoms with van der Waals surface area (Å²) in [4.78, 5) is 0. The summed E-state index contributed by atoms with van der Waals surface area (Å²) < 4.78 is 8.21. The van der Waals surface area contributed by atoms with Crippen molar-refractivity contribution in [2.75, 3.05) is 0 Å². The van der Waals surface area contributed by atoms with E-state index in [1.807, 2.05) is 37.0 Å². The Hall–Kier alpha value is -2.14. The SMILES string of the molecule is C1=[N+]=Cc2cc3c(cc2=C1)C=[N+]=CC=3. The van der Waals surface area contributed by atoms with Gasteiger partial charge >= 0.3 is 0 Å². The van der Waals surface area contributed by atoms with E-state index in [0.717, 1.165) is 0 Å². The van der Waals surface area contributed by atoms with Gasteiger partial charge in [0.2, 0.25) is 0 Å². The Balaban J connectivity index is 2.44. The first-order valence-corrected chi connectivity index (χ1v) is 4.51. The third kappa shape index (κ3) is 0.997. The Morgan fingerprint density at radius 3 is 1.71 bits per heavy atom. The molecule has 0 N–H and O–H groups in total. The van der Waals surface area contributed by atoms with Crippen molar-refractivity contribution >= 4 is 37.0 Å². The second-order valence-corrected chi connectivity index (χ2v) is 3.30. The van der Waals surface area contributed by atoms with E-state index in [2.05, 4.69) is 21.5 Å². The zero-order valence-corrected chi connectivity index (χ0v) is 7.51. The Morgan fingerprint density at radius 1 is 0.714 bits per heavy atom. The number of rotatable bonds is 0. The van der Waals surface area contributed by atoms with Crippen molar-refractivity contribution in [2.24, 2.45) is 0 Å². The minimum Gasteiger partial charge on any atom is -0.100 e. The van der Waals surface area contributed by atoms with Crippen LogP contribution in [-0.2, 0) is 0 Å². The van der Waals surface area contributed by atoms with Gasteiger partial charge in [-0.15, -0.1) is 9.34 Å². The third-order valence-electron chi connectivity index (χ3n) is 2.40. The molecule has 2 aliphatic rings. The average Bonchev–Trinajstić information content (AvgIpc) is 2.26. The van der Waals surface area contributed by atoms with Crippen LogP contribution < -0.4 is 19.8 Å². The smallest absolute Gasteiger partial charge is 0.100 e. The highest BCUT2D eigenvalue weighted by Crippen LogP contribution is 1.89. The quantitative estimate of drug-likeness (QED) is 0.430. The van der Waals surface area contributed by atoms with Gasteiger partial charge in [0, 0.05) is 12.2 Å². The van der Waals surface area contributed by atoms with E-state index in [1.165, 1.54) is 21.6 Å². The molecule has 0 aliphatic carbocycles. The molecule has 0 atom stereocenters. The third-order valence-corrected chi connectivity index (χ3v) is 2.40. The van der Waals surface area contributed by atoms with Crippen molar-refractivity contribution in [1.29, 1.82) is 0 Å². The molecule has 14 heavy (non-hydrogen) atoms. The summed E-state index contributed by atoms with van der Waals surface area (Å²) >= 11 is 0. The van der Waals surface area contributed by atoms with Crippen molar-refractivity contribution in [3.8, 4) is 0 Å². The normalized spacial score (nSPS) is 14.3. The first-order valence-electron chi connectivity index (χ1n) is 4.51. The van der Waals surface area contributed by atoms with Crippen LogP contribution in [0.3, 0.4) is 0 Å². The number of fused-ring (bicyclic) bond motifs is 2. The second-order valence-electron chi connectivity index (χ2n) is 3.30. The average molecular weight is 180 g/mol. The highest BCUT2D eigenvalue weighted by molar-refractivity contribution is 6.02. The van der Waals surface area contributed by atoms with Gasteiger partial charge in [-0.2, -0.15) is 0 Å². The maximum atomic E-state index is 4.10. The number of hydrogen-bond donors (Lipinski definition) is 0. The van der Waals surface area contributed by atoms with Gasteiger partial charge < -0.3 is 0 Å². The second kappa shape index (κ2) is 2.68. The van der Waals surface area contributed by atoms with Gasteiger partial charge in [-0.05, 0) is 22.6 Å². The maximum Gasteiger partial charge on any atom is 0.300 e. The van der Waals surface area contributed by atoms with Crippen molar-refractivity contribution < 1.29 is 0 Å². The molecule has 0 radical (unpaired) electrons. The lowest BCUT2D eigenvalue weighted by Crippen LogP contribution is -2.23. The summed E-state index contributed by atoms with van der Waals surface area (Å²) in [6, 6.07) is 4.28. The Bertz CT molecular complexity index is 591. The van der Waals surface area contributed by atoms with E-state index in [9.17, 15) is 0 Å². The van der Waals surface area contributed by atoms with Gasteiger partial charge in [-0.1, -0.05) is 0 Å². The van der Waals surface area contributed by atoms with Gasteiger partial charge in [0.25, 0.3) is 24.9 Å². The number of hydrogen-bond acceptors (Lipinski definition) is 0. The Kier molecular flexibility index (Phi) is 1.39. The molecule has 0 saturated carbocycles. The van der Waals surface area contributed by atoms with E-state index >= 15 is 0 Å². The molecule has 0 aromatic heterocycles. The van der Waals surface area contributed by atoms with Crippen molar-refractivity contribution in [2.45, 2.75) is 0 Å². The summed E-state index contributed by atoms with van der Waals surface area (Å²) in [6.45, 7) is 0. The molecular formula is C12H8N2+2. The van der Waals surface area contributed by atoms with Crippen LogP contribution in [0, 0.1) is 0 Å². The van der Waals surface area contributed by atoms with E-state index in [0.29, 0.717) is 0 Å². The summed E-state index contributed by atoms with van der Waals surface area (Å²) in [7, 11) is 0. The Labute approximate surface area is 80.7 Å². The van der Waals surface area contributed by atoms with Crippen molar-refractivity contribution in [3.63, 3.8) is 0 Å². The number of nitrogens with zero attached hydrogens (tertiary/aromatic N) is 2. The maximum absolute atomic E-state index is 4.10. The van der Waals surface area contributed by atoms with Crippen LogP contribution in [0.5, 0.6) is 0 Å². The molecule has 0 unspecified atom stereocenters. The predicted molar refractivity (Wildman–Crippen MR) is 61.4 cm³/mol. The first-order chi connectivity index (χ1) is 6.93. The molecule has 64 valence electrons. The predicted octanol–water partition coefficient (Wildman–Crippen LogP) is -1.61. The van der Waals surface area contributed by atoms with E-state index < -0.39 is 0 Å². The van der Waals surface area contributed by atoms with Crippen LogP contribution in [0.4, 0.5) is 0 Å². The molecule has 0 spiro atoms. The van der Waals surface area contributed by atoms with Crippen LogP contribution in [0.2, 0.25) is 0 Å². The molecule has 2 heteroatoms. The lowest BCUT2D eigenvalue weighted by molar-refractivity contribution is 1.47. The minimum absolute atomic E-state index is 1.17. The molecular weight excluding hydrogens is 172 g/mol. The molecule has 2 aliphatic heterocycles. The molecule has 0 fully saturated rings. The fourth-order valence-corrected chi connectivity index (χ4v) is 1.67. The van der Waals surface area contributed by atoms with Crippen molar-refractivity contribution in [1.82, 2.24) is 9.34 Å². The fraction of sp³-hybridized carbons (Fsp3) is 0. The molecule has 1 aromatic carbocycles. The highest BCUT2D eigenvalue weighted by Gasteiger charge is 2.08. The molecule has 0 amide bonds. The van der Waals surface area contributed by atoms with Gasteiger partial charge in [0.15, 0.2) is 0 Å². The lowest BCUT2D eigenvalue weighted by atomic mass is 10.0. The van der Waals surface area contributed by atoms with Gasteiger partial charge in [0.05, 0.1) is 11.1 Å². The lowest BCUT2D eigenvalue weighted by Gasteiger charge is -1.95. The van der Waals surface area contributed by atoms with Crippen LogP contribution in [-0.4, -0.2) is 24.9 Å². The van der Waals surface area contributed by atoms with Gasteiger partial charge in [0.1, 0.15) is 0 Å². The first kappa shape index (κ1) is 7.28. The zero-order chi connectivity index (χ0) is 9.38. The molecule has 1 aromatic rings. The highest BCUT2D eigenvalue weighted by atomic mass is 14.5. The van der Waals surface area contributed by atoms with E-state index in [4.69, 9.17) is 0 Å². The van der Waals surface area contributed by atoms with Gasteiger partial charge in [-0.25, -0.2) is 0 Å². The number of benzene rings is 1. The molecule has 3 rings (SSSR count). The largest absolute Gasteiger partial charge is 0.300 e. The topological polar surface area (TPSA) is 28.2 Å². The van der Waals surface area contributed by atoms with Gasteiger partial charge in [-0.3, -0.25) is 0 Å². The molecule has 0 bridgehead atoms. The molecule has 2 heterocycles. The van der Waals surface area contributed by atoms with Crippen LogP contribution >= 0.6 is 0 Å². The van der Waals surface area contributed by atoms with Crippen LogP contribution in [0.25, 0.3) is 12.2 Å². The van der Waals surface area contributed by atoms with E-state index in [-0.39, 0.29) is 0 Å². The van der Waals surface area contributed by atoms with Crippen LogP contribution in [0.15, 0.2) is 12.1 Å². The fourth-order valence-electron chi connectivity index (χ4n) is 1.67. The van der Waals surface area contributed by atoms with E-state index in [1.54, 1.807) is 0 Å². The molecule has 0 saturated heterocycles. The Morgan fingerprint density at radius 2 is 1.21 bits per heavy atom. The summed E-state index contributed by atoms with van der Waals surface area (Å²) in [5.74, 6) is 0. The standard InChI is InChI=1S/C12H8N2/c1-3-13-7-11-6-10-2-4-14-8-12(10)5-9(1)11/h1-8H/q+2. The summed E-state index contributed by atoms with van der Waals surface area (Å²) in [5, 5.41) is 2.42. The minimum atomic E-state index is 1.17. The molecule has 2 nitrogen and oxygen atoms in total.